The summed E-state index contributed by atoms with van der Waals surface area (Å²) in [6.07, 6.45) is -6.37. The van der Waals surface area contributed by atoms with Gasteiger partial charge in [0.1, 0.15) is 0 Å². The first-order valence-corrected chi connectivity index (χ1v) is 11.6. The Labute approximate surface area is 219 Å². The van der Waals surface area contributed by atoms with Crippen molar-refractivity contribution in [2.45, 2.75) is 45.2 Å². The van der Waals surface area contributed by atoms with Crippen LogP contribution in [0.3, 0.4) is 0 Å². The fourth-order valence-corrected chi connectivity index (χ4v) is 4.27. The van der Waals surface area contributed by atoms with Crippen LogP contribution in [0.2, 0.25) is 0 Å². The minimum absolute atomic E-state index is 0.168. The maximum atomic E-state index is 13.1. The van der Waals surface area contributed by atoms with E-state index in [-0.39, 0.29) is 5.41 Å². The van der Waals surface area contributed by atoms with Gasteiger partial charge in [0.25, 0.3) is 0 Å². The number of likely N-dealkylation sites (tertiary alicyclic amines) is 2. The average Bonchev–Trinajstić information content (AvgIpc) is 3.38. The van der Waals surface area contributed by atoms with Gasteiger partial charge >= 0.3 is 24.3 Å². The third-order valence-corrected chi connectivity index (χ3v) is 6.09. The molecule has 39 heavy (non-hydrogen) atoms. The summed E-state index contributed by atoms with van der Waals surface area (Å²) in [6.45, 7) is 6.41. The molecule has 8 nitrogen and oxygen atoms in total. The monoisotopic (exact) mass is 563 g/mol. The van der Waals surface area contributed by atoms with E-state index in [1.807, 2.05) is 18.3 Å². The van der Waals surface area contributed by atoms with Crippen molar-refractivity contribution in [3.8, 4) is 0 Å². The third kappa shape index (κ3) is 9.53. The van der Waals surface area contributed by atoms with Crippen LogP contribution < -0.4 is 0 Å². The standard InChI is InChI=1S/C21H25N3O.2C2HF3O2/c1-17-5-4-6-18(13-17)14-24-12-9-21(20(24)25)8-11-23(16-21)15-19-7-2-3-10-22-19;2*3-2(4,5)1(6)7/h2-7,10,13H,8-9,11-12,14-16H2,1H3;2*(H,6,7). The molecule has 1 amide bonds. The Morgan fingerprint density at radius 2 is 1.51 bits per heavy atom. The predicted molar refractivity (Wildman–Crippen MR) is 125 cm³/mol. The Morgan fingerprint density at radius 3 is 2.03 bits per heavy atom. The number of carboxylic acid groups (broad SMARTS) is 2. The Kier molecular flexibility index (Phi) is 10.4. The molecule has 3 heterocycles. The fraction of sp³-hybridized carbons (Fsp3) is 0.440. The van der Waals surface area contributed by atoms with E-state index in [1.165, 1.54) is 11.1 Å². The largest absolute Gasteiger partial charge is 0.490 e. The van der Waals surface area contributed by atoms with Crippen molar-refractivity contribution >= 4 is 17.8 Å². The third-order valence-electron chi connectivity index (χ3n) is 6.09. The highest BCUT2D eigenvalue weighted by Crippen LogP contribution is 2.41. The van der Waals surface area contributed by atoms with E-state index < -0.39 is 24.3 Å². The normalized spacial score (nSPS) is 19.3. The zero-order valence-electron chi connectivity index (χ0n) is 20.8. The number of rotatable bonds is 4. The number of nitrogens with zero attached hydrogens (tertiary/aromatic N) is 3. The molecule has 0 bridgehead atoms. The quantitative estimate of drug-likeness (QED) is 0.535. The molecule has 1 aromatic carbocycles. The van der Waals surface area contributed by atoms with Crippen molar-refractivity contribution in [1.82, 2.24) is 14.8 Å². The number of hydrogen-bond donors (Lipinski definition) is 2. The summed E-state index contributed by atoms with van der Waals surface area (Å²) in [5.41, 5.74) is 3.40. The van der Waals surface area contributed by atoms with Gasteiger partial charge in [0.05, 0.1) is 11.1 Å². The Balaban J connectivity index is 0.000000317. The molecule has 2 aliphatic heterocycles. The van der Waals surface area contributed by atoms with E-state index in [1.54, 1.807) is 0 Å². The summed E-state index contributed by atoms with van der Waals surface area (Å²) < 4.78 is 63.5. The van der Waals surface area contributed by atoms with Crippen molar-refractivity contribution in [3.63, 3.8) is 0 Å². The maximum absolute atomic E-state index is 13.1. The van der Waals surface area contributed by atoms with Crippen LogP contribution >= 0.6 is 0 Å². The van der Waals surface area contributed by atoms with E-state index in [2.05, 4.69) is 52.0 Å². The number of benzene rings is 1. The summed E-state index contributed by atoms with van der Waals surface area (Å²) in [4.78, 5) is 39.8. The molecule has 1 unspecified atom stereocenters. The molecular weight excluding hydrogens is 536 g/mol. The van der Waals surface area contributed by atoms with Gasteiger partial charge in [0.15, 0.2) is 0 Å². The van der Waals surface area contributed by atoms with E-state index in [0.717, 1.165) is 51.3 Å². The molecule has 0 aliphatic carbocycles. The molecule has 2 saturated heterocycles. The zero-order valence-corrected chi connectivity index (χ0v) is 20.8. The molecule has 2 N–H and O–H groups in total. The molecule has 214 valence electrons. The van der Waals surface area contributed by atoms with Gasteiger partial charge in [-0.05, 0) is 44.0 Å². The highest BCUT2D eigenvalue weighted by atomic mass is 19.4. The van der Waals surface area contributed by atoms with E-state index in [4.69, 9.17) is 19.8 Å². The predicted octanol–water partition coefficient (Wildman–Crippen LogP) is 4.28. The van der Waals surface area contributed by atoms with Crippen molar-refractivity contribution in [2.24, 2.45) is 5.41 Å². The number of carbonyl (C=O) groups is 3. The smallest absolute Gasteiger partial charge is 0.475 e. The van der Waals surface area contributed by atoms with Crippen LogP contribution in [0.15, 0.2) is 48.7 Å². The molecule has 0 radical (unpaired) electrons. The van der Waals surface area contributed by atoms with Gasteiger partial charge in [-0.1, -0.05) is 35.9 Å². The van der Waals surface area contributed by atoms with Crippen LogP contribution in [0.4, 0.5) is 26.3 Å². The van der Waals surface area contributed by atoms with Gasteiger partial charge in [-0.2, -0.15) is 26.3 Å². The number of aliphatic carboxylic acids is 2. The molecule has 2 fully saturated rings. The minimum atomic E-state index is -5.08. The second-order valence-electron chi connectivity index (χ2n) is 9.13. The summed E-state index contributed by atoms with van der Waals surface area (Å²) in [7, 11) is 0. The van der Waals surface area contributed by atoms with E-state index in [9.17, 15) is 31.1 Å². The lowest BCUT2D eigenvalue weighted by Crippen LogP contribution is -2.36. The van der Waals surface area contributed by atoms with Crippen molar-refractivity contribution in [2.75, 3.05) is 19.6 Å². The van der Waals surface area contributed by atoms with Gasteiger partial charge in [-0.3, -0.25) is 14.7 Å². The van der Waals surface area contributed by atoms with Crippen molar-refractivity contribution < 1.29 is 50.9 Å². The average molecular weight is 563 g/mol. The topological polar surface area (TPSA) is 111 Å². The van der Waals surface area contributed by atoms with Gasteiger partial charge in [0, 0.05) is 32.4 Å². The molecule has 2 aliphatic rings. The summed E-state index contributed by atoms with van der Waals surface area (Å²) in [5.74, 6) is -5.17. The number of amides is 1. The molecule has 1 spiro atoms. The number of halogens is 6. The minimum Gasteiger partial charge on any atom is -0.475 e. The molecule has 2 aromatic rings. The van der Waals surface area contributed by atoms with Crippen LogP contribution in [0, 0.1) is 12.3 Å². The molecular formula is C25H27F6N3O5. The molecule has 1 aromatic heterocycles. The molecule has 0 saturated carbocycles. The van der Waals surface area contributed by atoms with Crippen LogP contribution in [-0.4, -0.2) is 74.8 Å². The van der Waals surface area contributed by atoms with Gasteiger partial charge in [0.2, 0.25) is 5.91 Å². The highest BCUT2D eigenvalue weighted by molar-refractivity contribution is 5.85. The zero-order chi connectivity index (χ0) is 29.4. The van der Waals surface area contributed by atoms with Gasteiger partial charge in [-0.25, -0.2) is 9.59 Å². The number of hydrogen-bond acceptors (Lipinski definition) is 5. The van der Waals surface area contributed by atoms with Crippen molar-refractivity contribution in [3.05, 3.63) is 65.5 Å². The lowest BCUT2D eigenvalue weighted by molar-refractivity contribution is -0.193. The van der Waals surface area contributed by atoms with Crippen LogP contribution in [0.25, 0.3) is 0 Å². The SMILES string of the molecule is Cc1cccc(CN2CCC3(CCN(Cc4ccccn4)C3)C2=O)c1.O=C(O)C(F)(F)F.O=C(O)C(F)(F)F. The number of aromatic nitrogens is 1. The van der Waals surface area contributed by atoms with Crippen LogP contribution in [0.5, 0.6) is 0 Å². The second-order valence-corrected chi connectivity index (χ2v) is 9.13. The first-order valence-electron chi connectivity index (χ1n) is 11.6. The Hall–Kier alpha value is -3.68. The van der Waals surface area contributed by atoms with Gasteiger partial charge in [-0.15, -0.1) is 0 Å². The van der Waals surface area contributed by atoms with Gasteiger partial charge < -0.3 is 15.1 Å². The van der Waals surface area contributed by atoms with E-state index >= 15 is 0 Å². The Bertz CT molecular complexity index is 1120. The number of carboxylic acids is 2. The summed E-state index contributed by atoms with van der Waals surface area (Å²) >= 11 is 0. The summed E-state index contributed by atoms with van der Waals surface area (Å²) in [5, 5.41) is 14.2. The first kappa shape index (κ1) is 31.5. The number of aryl methyl sites for hydroxylation is 1. The summed E-state index contributed by atoms with van der Waals surface area (Å²) in [6, 6.07) is 14.5. The Morgan fingerprint density at radius 1 is 0.923 bits per heavy atom. The number of carbonyl (C=O) groups excluding carboxylic acids is 1. The number of alkyl halides is 6. The first-order chi connectivity index (χ1) is 18.0. The second kappa shape index (κ2) is 12.9. The lowest BCUT2D eigenvalue weighted by atomic mass is 9.85. The highest BCUT2D eigenvalue weighted by Gasteiger charge is 2.50. The molecule has 4 rings (SSSR count). The fourth-order valence-electron chi connectivity index (χ4n) is 4.27. The molecule has 1 atom stereocenters. The lowest BCUT2D eigenvalue weighted by Gasteiger charge is -2.24. The van der Waals surface area contributed by atoms with Crippen molar-refractivity contribution in [1.29, 1.82) is 0 Å². The molecule has 14 heteroatoms. The number of pyridine rings is 1. The maximum Gasteiger partial charge on any atom is 0.490 e. The van der Waals surface area contributed by atoms with Crippen LogP contribution in [-0.2, 0) is 27.5 Å². The van der Waals surface area contributed by atoms with E-state index in [0.29, 0.717) is 5.91 Å². The van der Waals surface area contributed by atoms with Crippen LogP contribution in [0.1, 0.15) is 29.7 Å².